The number of hydrogen-bond acceptors (Lipinski definition) is 7. The third-order valence-corrected chi connectivity index (χ3v) is 5.25. The van der Waals surface area contributed by atoms with Crippen LogP contribution in [0.3, 0.4) is 0 Å². The van der Waals surface area contributed by atoms with Gasteiger partial charge in [0, 0.05) is 0 Å². The van der Waals surface area contributed by atoms with E-state index in [0.29, 0.717) is 5.56 Å². The van der Waals surface area contributed by atoms with Gasteiger partial charge in [0.25, 0.3) is 0 Å². The molecule has 7 heteroatoms. The number of hydrogen-bond donors (Lipinski definition) is 5. The van der Waals surface area contributed by atoms with Crippen molar-refractivity contribution < 1.29 is 35.0 Å². The normalized spacial score (nSPS) is 35.4. The van der Waals surface area contributed by atoms with Gasteiger partial charge < -0.3 is 35.0 Å². The molecule has 1 heterocycles. The first kappa shape index (κ1) is 18.5. The van der Waals surface area contributed by atoms with Crippen LogP contribution in [0, 0.1) is 0 Å². The van der Waals surface area contributed by atoms with Crippen LogP contribution in [0.5, 0.6) is 0 Å². The Hall–Kier alpha value is -1.84. The highest BCUT2D eigenvalue weighted by Gasteiger charge is 2.46. The maximum Gasteiger partial charge on any atom is 0.187 e. The molecule has 1 saturated heterocycles. The van der Waals surface area contributed by atoms with Crippen LogP contribution < -0.4 is 0 Å². The highest BCUT2D eigenvalue weighted by molar-refractivity contribution is 5.74. The number of ether oxygens (including phenoxy) is 2. The Morgan fingerprint density at radius 1 is 0.778 bits per heavy atom. The maximum atomic E-state index is 10.9. The average molecular weight is 374 g/mol. The zero-order valence-corrected chi connectivity index (χ0v) is 14.4. The van der Waals surface area contributed by atoms with Crippen molar-refractivity contribution in [3.05, 3.63) is 59.7 Å². The molecule has 2 aromatic rings. The van der Waals surface area contributed by atoms with Gasteiger partial charge in [-0.15, -0.1) is 0 Å². The first-order valence-electron chi connectivity index (χ1n) is 8.85. The molecule has 1 fully saturated rings. The van der Waals surface area contributed by atoms with Crippen LogP contribution in [0.2, 0.25) is 0 Å². The number of rotatable bonds is 3. The third kappa shape index (κ3) is 3.07. The largest absolute Gasteiger partial charge is 0.394 e. The molecular weight excluding hydrogens is 352 g/mol. The van der Waals surface area contributed by atoms with Crippen molar-refractivity contribution in [2.45, 2.75) is 42.9 Å². The summed E-state index contributed by atoms with van der Waals surface area (Å²) in [6.45, 7) is -0.544. The van der Waals surface area contributed by atoms with E-state index in [1.165, 1.54) is 0 Å². The molecule has 2 aromatic carbocycles. The molecular formula is C20H22O7. The maximum absolute atomic E-state index is 10.9. The molecule has 27 heavy (non-hydrogen) atoms. The second-order valence-corrected chi connectivity index (χ2v) is 6.87. The Morgan fingerprint density at radius 2 is 1.37 bits per heavy atom. The molecule has 0 unspecified atom stereocenters. The number of aliphatic hydroxyl groups is 5. The minimum Gasteiger partial charge on any atom is -0.394 e. The Labute approximate surface area is 156 Å². The predicted molar refractivity (Wildman–Crippen MR) is 94.4 cm³/mol. The van der Waals surface area contributed by atoms with Gasteiger partial charge in [-0.25, -0.2) is 0 Å². The number of aliphatic hydroxyl groups excluding tert-OH is 5. The molecule has 0 saturated carbocycles. The molecule has 144 valence electrons. The molecule has 0 spiro atoms. The lowest BCUT2D eigenvalue weighted by atomic mass is 9.82. The van der Waals surface area contributed by atoms with E-state index in [-0.39, 0.29) is 0 Å². The highest BCUT2D eigenvalue weighted by atomic mass is 16.7. The van der Waals surface area contributed by atoms with E-state index < -0.39 is 49.5 Å². The topological polar surface area (TPSA) is 120 Å². The number of benzene rings is 2. The summed E-state index contributed by atoms with van der Waals surface area (Å²) in [5.41, 5.74) is 3.20. The molecule has 1 aliphatic heterocycles. The minimum absolute atomic E-state index is 0.544. The van der Waals surface area contributed by atoms with Gasteiger partial charge in [0.05, 0.1) is 6.61 Å². The molecule has 0 radical (unpaired) electrons. The van der Waals surface area contributed by atoms with Crippen molar-refractivity contribution in [3.63, 3.8) is 0 Å². The summed E-state index contributed by atoms with van der Waals surface area (Å²) in [7, 11) is 0. The summed E-state index contributed by atoms with van der Waals surface area (Å²) < 4.78 is 11.3. The molecule has 0 bridgehead atoms. The van der Waals surface area contributed by atoms with Gasteiger partial charge in [-0.05, 0) is 22.3 Å². The Balaban J connectivity index is 1.68. The molecule has 1 aliphatic carbocycles. The fraction of sp³-hybridized carbons (Fsp3) is 0.400. The van der Waals surface area contributed by atoms with Crippen LogP contribution in [0.15, 0.2) is 48.5 Å². The first-order chi connectivity index (χ1) is 13.0. The van der Waals surface area contributed by atoms with Gasteiger partial charge >= 0.3 is 0 Å². The van der Waals surface area contributed by atoms with Gasteiger partial charge in [-0.2, -0.15) is 0 Å². The van der Waals surface area contributed by atoms with E-state index in [0.717, 1.165) is 16.7 Å². The van der Waals surface area contributed by atoms with E-state index in [9.17, 15) is 25.5 Å². The zero-order valence-electron chi connectivity index (χ0n) is 14.4. The number of fused-ring (bicyclic) bond motifs is 3. The molecule has 5 N–H and O–H groups in total. The van der Waals surface area contributed by atoms with E-state index in [2.05, 4.69) is 0 Å². The summed E-state index contributed by atoms with van der Waals surface area (Å²) in [6.07, 6.45) is -8.78. The van der Waals surface area contributed by atoms with Gasteiger partial charge in [0.1, 0.15) is 36.6 Å². The van der Waals surface area contributed by atoms with Gasteiger partial charge in [-0.1, -0.05) is 48.5 Å². The summed E-state index contributed by atoms with van der Waals surface area (Å²) in [5.74, 6) is 0. The van der Waals surface area contributed by atoms with Crippen molar-refractivity contribution >= 4 is 0 Å². The van der Waals surface area contributed by atoms with Crippen molar-refractivity contribution in [2.75, 3.05) is 6.61 Å². The minimum atomic E-state index is -1.54. The fourth-order valence-corrected chi connectivity index (χ4v) is 3.80. The Kier molecular flexibility index (Phi) is 5.00. The highest BCUT2D eigenvalue weighted by Crippen LogP contribution is 2.47. The molecule has 7 nitrogen and oxygen atoms in total. The SMILES string of the molecule is OC[C@H]1O[C@H](O[C@@H]2c3ccccc3-c3ccccc3[C@H]2O)[C@H](O)[C@@H](O)[C@@H]1O. The average Bonchev–Trinajstić information content (AvgIpc) is 2.71. The van der Waals surface area contributed by atoms with Crippen molar-refractivity contribution in [3.8, 4) is 11.1 Å². The van der Waals surface area contributed by atoms with Crippen LogP contribution in [-0.2, 0) is 9.47 Å². The first-order valence-corrected chi connectivity index (χ1v) is 8.85. The summed E-state index contributed by atoms with van der Waals surface area (Å²) >= 11 is 0. The van der Waals surface area contributed by atoms with Crippen molar-refractivity contribution in [2.24, 2.45) is 0 Å². The standard InChI is InChI=1S/C20H22O7/c21-9-14-16(23)17(24)18(25)20(26-14)27-19-13-8-4-2-6-11(13)10-5-1-3-7-12(10)15(19)22/h1-8,14-25H,9H2/t14-,15-,16-,17+,18-,19-,20-/m1/s1. The molecule has 0 amide bonds. The lowest BCUT2D eigenvalue weighted by Gasteiger charge is -2.42. The van der Waals surface area contributed by atoms with Crippen molar-refractivity contribution in [1.82, 2.24) is 0 Å². The van der Waals surface area contributed by atoms with Crippen LogP contribution in [0.4, 0.5) is 0 Å². The molecule has 4 rings (SSSR count). The quantitative estimate of drug-likeness (QED) is 0.523. The monoisotopic (exact) mass is 374 g/mol. The molecule has 0 aromatic heterocycles. The Bertz CT molecular complexity index is 808. The fourth-order valence-electron chi connectivity index (χ4n) is 3.80. The van der Waals surface area contributed by atoms with Gasteiger partial charge in [-0.3, -0.25) is 0 Å². The van der Waals surface area contributed by atoms with Crippen LogP contribution in [0.1, 0.15) is 23.3 Å². The third-order valence-electron chi connectivity index (χ3n) is 5.25. The zero-order chi connectivity index (χ0) is 19.1. The predicted octanol–water partition coefficient (Wildman–Crippen LogP) is 0.258. The van der Waals surface area contributed by atoms with E-state index >= 15 is 0 Å². The van der Waals surface area contributed by atoms with Gasteiger partial charge in [0.2, 0.25) is 0 Å². The van der Waals surface area contributed by atoms with Crippen LogP contribution in [0.25, 0.3) is 11.1 Å². The smallest absolute Gasteiger partial charge is 0.187 e. The second-order valence-electron chi connectivity index (χ2n) is 6.87. The lowest BCUT2D eigenvalue weighted by molar-refractivity contribution is -0.319. The second kappa shape index (κ2) is 7.29. The molecule has 2 aliphatic rings. The van der Waals surface area contributed by atoms with Crippen molar-refractivity contribution in [1.29, 1.82) is 0 Å². The summed E-state index contributed by atoms with van der Waals surface area (Å²) in [6, 6.07) is 14.9. The summed E-state index contributed by atoms with van der Waals surface area (Å²) in [5, 5.41) is 50.4. The lowest BCUT2D eigenvalue weighted by Crippen LogP contribution is -2.59. The van der Waals surface area contributed by atoms with E-state index in [1.54, 1.807) is 6.07 Å². The van der Waals surface area contributed by atoms with E-state index in [4.69, 9.17) is 9.47 Å². The van der Waals surface area contributed by atoms with E-state index in [1.807, 2.05) is 42.5 Å². The Morgan fingerprint density at radius 3 is 2.04 bits per heavy atom. The molecule has 7 atom stereocenters. The summed E-state index contributed by atoms with van der Waals surface area (Å²) in [4.78, 5) is 0. The van der Waals surface area contributed by atoms with Gasteiger partial charge in [0.15, 0.2) is 6.29 Å². The van der Waals surface area contributed by atoms with Crippen LogP contribution >= 0.6 is 0 Å². The van der Waals surface area contributed by atoms with Crippen LogP contribution in [-0.4, -0.2) is 62.8 Å².